The molecule has 19 heavy (non-hydrogen) atoms. The molecule has 1 aliphatic heterocycles. The van der Waals surface area contributed by atoms with E-state index in [9.17, 15) is 8.42 Å². The van der Waals surface area contributed by atoms with Crippen molar-refractivity contribution in [2.24, 2.45) is 0 Å². The summed E-state index contributed by atoms with van der Waals surface area (Å²) in [6, 6.07) is 8.89. The van der Waals surface area contributed by atoms with Gasteiger partial charge in [-0.25, -0.2) is 8.42 Å². The Bertz CT molecular complexity index is 532. The van der Waals surface area contributed by atoms with Gasteiger partial charge in [-0.05, 0) is 42.7 Å². The fraction of sp³-hybridized carbons (Fsp3) is 0.600. The Morgan fingerprint density at radius 3 is 2.47 bits per heavy atom. The first-order valence-electron chi connectivity index (χ1n) is 7.15. The first-order chi connectivity index (χ1) is 9.12. The normalized spacial score (nSPS) is 26.2. The minimum Gasteiger partial charge on any atom is -0.309 e. The van der Waals surface area contributed by atoms with E-state index in [4.69, 9.17) is 0 Å². The third kappa shape index (κ3) is 3.57. The van der Waals surface area contributed by atoms with Gasteiger partial charge >= 0.3 is 0 Å². The molecule has 1 heterocycles. The first kappa shape index (κ1) is 13.1. The second-order valence-corrected chi connectivity index (χ2v) is 8.08. The number of rotatable bonds is 4. The predicted molar refractivity (Wildman–Crippen MR) is 76.9 cm³/mol. The van der Waals surface area contributed by atoms with Crippen molar-refractivity contribution >= 4 is 9.84 Å². The SMILES string of the molecule is O=S1(=O)CCCC(NCc2ccc(C3CC3)cc2)C1. The fourth-order valence-corrected chi connectivity index (χ4v) is 4.44. The topological polar surface area (TPSA) is 46.2 Å². The van der Waals surface area contributed by atoms with Crippen molar-refractivity contribution in [3.63, 3.8) is 0 Å². The van der Waals surface area contributed by atoms with Gasteiger partial charge in [-0.15, -0.1) is 0 Å². The quantitative estimate of drug-likeness (QED) is 0.919. The molecule has 1 N–H and O–H groups in total. The van der Waals surface area contributed by atoms with Gasteiger partial charge in [-0.3, -0.25) is 0 Å². The Labute approximate surface area is 115 Å². The third-order valence-corrected chi connectivity index (χ3v) is 5.91. The molecule has 0 amide bonds. The van der Waals surface area contributed by atoms with Crippen molar-refractivity contribution < 1.29 is 8.42 Å². The first-order valence-corrected chi connectivity index (χ1v) is 8.97. The highest BCUT2D eigenvalue weighted by Gasteiger charge is 2.24. The van der Waals surface area contributed by atoms with E-state index in [0.29, 0.717) is 11.5 Å². The maximum Gasteiger partial charge on any atom is 0.151 e. The van der Waals surface area contributed by atoms with E-state index in [-0.39, 0.29) is 6.04 Å². The molecule has 1 aromatic rings. The highest BCUT2D eigenvalue weighted by Crippen LogP contribution is 2.39. The lowest BCUT2D eigenvalue weighted by Gasteiger charge is -2.23. The zero-order chi connectivity index (χ0) is 13.3. The van der Waals surface area contributed by atoms with Crippen molar-refractivity contribution in [1.82, 2.24) is 5.32 Å². The summed E-state index contributed by atoms with van der Waals surface area (Å²) >= 11 is 0. The summed E-state index contributed by atoms with van der Waals surface area (Å²) in [4.78, 5) is 0. The predicted octanol–water partition coefficient (Wildman–Crippen LogP) is 2.23. The van der Waals surface area contributed by atoms with Crippen LogP contribution in [0.2, 0.25) is 0 Å². The van der Waals surface area contributed by atoms with Gasteiger partial charge in [0, 0.05) is 12.6 Å². The molecule has 1 saturated heterocycles. The van der Waals surface area contributed by atoms with E-state index in [2.05, 4.69) is 29.6 Å². The van der Waals surface area contributed by atoms with Crippen LogP contribution in [0.4, 0.5) is 0 Å². The number of sulfone groups is 1. The van der Waals surface area contributed by atoms with Crippen LogP contribution in [-0.4, -0.2) is 26.0 Å². The smallest absolute Gasteiger partial charge is 0.151 e. The number of nitrogens with one attached hydrogen (secondary N) is 1. The van der Waals surface area contributed by atoms with Gasteiger partial charge in [-0.2, -0.15) is 0 Å². The molecule has 0 radical (unpaired) electrons. The van der Waals surface area contributed by atoms with Gasteiger partial charge in [0.25, 0.3) is 0 Å². The third-order valence-electron chi connectivity index (χ3n) is 4.09. The fourth-order valence-electron chi connectivity index (χ4n) is 2.77. The van der Waals surface area contributed by atoms with Crippen LogP contribution in [0.15, 0.2) is 24.3 Å². The van der Waals surface area contributed by atoms with E-state index >= 15 is 0 Å². The molecule has 2 aliphatic rings. The molecular weight excluding hydrogens is 258 g/mol. The summed E-state index contributed by atoms with van der Waals surface area (Å²) in [5.74, 6) is 1.46. The molecule has 0 aromatic heterocycles. The van der Waals surface area contributed by atoms with Crippen LogP contribution in [0.25, 0.3) is 0 Å². The Kier molecular flexibility index (Phi) is 3.63. The minimum absolute atomic E-state index is 0.127. The van der Waals surface area contributed by atoms with Gasteiger partial charge in [0.15, 0.2) is 9.84 Å². The molecule has 4 heteroatoms. The highest BCUT2D eigenvalue weighted by atomic mass is 32.2. The average molecular weight is 279 g/mol. The lowest BCUT2D eigenvalue weighted by Crippen LogP contribution is -2.39. The van der Waals surface area contributed by atoms with Gasteiger partial charge in [0.2, 0.25) is 0 Å². The zero-order valence-electron chi connectivity index (χ0n) is 11.1. The standard InChI is InChI=1S/C15H21NO2S/c17-19(18)9-1-2-15(11-19)16-10-12-3-5-13(6-4-12)14-7-8-14/h3-6,14-16H,1-2,7-11H2. The van der Waals surface area contributed by atoms with Crippen molar-refractivity contribution in [2.75, 3.05) is 11.5 Å². The zero-order valence-corrected chi connectivity index (χ0v) is 12.0. The molecule has 1 aromatic carbocycles. The summed E-state index contributed by atoms with van der Waals surface area (Å²) in [7, 11) is -2.81. The summed E-state index contributed by atoms with van der Waals surface area (Å²) in [6.45, 7) is 0.769. The van der Waals surface area contributed by atoms with Crippen LogP contribution in [0.1, 0.15) is 42.7 Å². The Morgan fingerprint density at radius 2 is 1.84 bits per heavy atom. The second-order valence-electron chi connectivity index (χ2n) is 5.85. The van der Waals surface area contributed by atoms with Crippen molar-refractivity contribution in [1.29, 1.82) is 0 Å². The summed E-state index contributed by atoms with van der Waals surface area (Å²) in [6.07, 6.45) is 4.43. The van der Waals surface area contributed by atoms with Crippen molar-refractivity contribution in [2.45, 2.75) is 44.2 Å². The van der Waals surface area contributed by atoms with Gasteiger partial charge < -0.3 is 5.32 Å². The molecule has 0 bridgehead atoms. The van der Waals surface area contributed by atoms with Crippen LogP contribution in [-0.2, 0) is 16.4 Å². The molecule has 104 valence electrons. The van der Waals surface area contributed by atoms with Crippen LogP contribution in [0, 0.1) is 0 Å². The number of hydrogen-bond donors (Lipinski definition) is 1. The molecule has 3 rings (SSSR count). The maximum atomic E-state index is 11.6. The summed E-state index contributed by atoms with van der Waals surface area (Å²) < 4.78 is 23.1. The van der Waals surface area contributed by atoms with Gasteiger partial charge in [-0.1, -0.05) is 24.3 Å². The molecule has 0 spiro atoms. The van der Waals surface area contributed by atoms with Crippen molar-refractivity contribution in [3.05, 3.63) is 35.4 Å². The lowest BCUT2D eigenvalue weighted by molar-refractivity contribution is 0.480. The summed E-state index contributed by atoms with van der Waals surface area (Å²) in [5, 5.41) is 3.38. The van der Waals surface area contributed by atoms with E-state index in [0.717, 1.165) is 25.3 Å². The van der Waals surface area contributed by atoms with Crippen LogP contribution in [0.3, 0.4) is 0 Å². The van der Waals surface area contributed by atoms with E-state index in [1.54, 1.807) is 0 Å². The van der Waals surface area contributed by atoms with Gasteiger partial charge in [0.05, 0.1) is 11.5 Å². The van der Waals surface area contributed by atoms with E-state index < -0.39 is 9.84 Å². The lowest BCUT2D eigenvalue weighted by atomic mass is 10.1. The second kappa shape index (κ2) is 5.25. The molecular formula is C15H21NO2S. The number of benzene rings is 1. The highest BCUT2D eigenvalue weighted by molar-refractivity contribution is 7.91. The minimum atomic E-state index is -2.81. The Hall–Kier alpha value is -0.870. The molecule has 1 atom stereocenters. The number of hydrogen-bond acceptors (Lipinski definition) is 3. The van der Waals surface area contributed by atoms with Crippen molar-refractivity contribution in [3.8, 4) is 0 Å². The molecule has 1 saturated carbocycles. The molecule has 1 aliphatic carbocycles. The molecule has 2 fully saturated rings. The Morgan fingerprint density at radius 1 is 1.11 bits per heavy atom. The largest absolute Gasteiger partial charge is 0.309 e. The Balaban J connectivity index is 1.53. The average Bonchev–Trinajstić information content (AvgIpc) is 3.20. The summed E-state index contributed by atoms with van der Waals surface area (Å²) in [5.41, 5.74) is 2.69. The van der Waals surface area contributed by atoms with Crippen LogP contribution >= 0.6 is 0 Å². The van der Waals surface area contributed by atoms with Crippen LogP contribution in [0.5, 0.6) is 0 Å². The van der Waals surface area contributed by atoms with Gasteiger partial charge in [0.1, 0.15) is 0 Å². The maximum absolute atomic E-state index is 11.6. The monoisotopic (exact) mass is 279 g/mol. The van der Waals surface area contributed by atoms with E-state index in [1.165, 1.54) is 24.0 Å². The van der Waals surface area contributed by atoms with E-state index in [1.807, 2.05) is 0 Å². The molecule has 1 unspecified atom stereocenters. The molecule has 3 nitrogen and oxygen atoms in total. The van der Waals surface area contributed by atoms with Crippen LogP contribution < -0.4 is 5.32 Å².